The van der Waals surface area contributed by atoms with Crippen LogP contribution in [0.5, 0.6) is 5.75 Å². The van der Waals surface area contributed by atoms with Gasteiger partial charge in [-0.3, -0.25) is 14.9 Å². The summed E-state index contributed by atoms with van der Waals surface area (Å²) in [6.45, 7) is 1.74. The Morgan fingerprint density at radius 3 is 2.55 bits per heavy atom. The summed E-state index contributed by atoms with van der Waals surface area (Å²) in [7, 11) is 1.52. The monoisotopic (exact) mass is 532 g/mol. The number of nitrogens with one attached hydrogen (secondary N) is 2. The molecule has 0 fully saturated rings. The molecule has 0 aliphatic carbocycles. The number of fused-ring (bicyclic) bond motifs is 2. The lowest BCUT2D eigenvalue weighted by molar-refractivity contribution is -0.385. The molecule has 0 spiro atoms. The molecule has 1 unspecified atom stereocenters. The summed E-state index contributed by atoms with van der Waals surface area (Å²) in [6.07, 6.45) is 0. The van der Waals surface area contributed by atoms with Crippen LogP contribution in [0.2, 0.25) is 0 Å². The molecule has 4 aromatic carbocycles. The van der Waals surface area contributed by atoms with Crippen LogP contribution in [0.25, 0.3) is 22.2 Å². The van der Waals surface area contributed by atoms with E-state index in [1.165, 1.54) is 13.2 Å². The SMILES string of the molecule is COc1ccccc1NC(=O)C1=C(C)Nc2nc(-c3cccc4ccccc34)nn2C1c1ccccc1[N+](=O)[O-]. The number of allylic oxidation sites excluding steroid dienone is 1. The number of hydrogen-bond donors (Lipinski definition) is 2. The highest BCUT2D eigenvalue weighted by atomic mass is 16.6. The van der Waals surface area contributed by atoms with E-state index in [-0.39, 0.29) is 11.3 Å². The van der Waals surface area contributed by atoms with E-state index in [2.05, 4.69) is 10.6 Å². The molecule has 1 atom stereocenters. The van der Waals surface area contributed by atoms with Gasteiger partial charge < -0.3 is 15.4 Å². The number of nitro benzene ring substituents is 1. The van der Waals surface area contributed by atoms with Crippen molar-refractivity contribution in [3.8, 4) is 17.1 Å². The first-order chi connectivity index (χ1) is 19.5. The highest BCUT2D eigenvalue weighted by Crippen LogP contribution is 2.41. The molecule has 2 heterocycles. The second-order valence-electron chi connectivity index (χ2n) is 9.27. The summed E-state index contributed by atoms with van der Waals surface area (Å²) in [4.78, 5) is 30.3. The largest absolute Gasteiger partial charge is 0.495 e. The zero-order chi connectivity index (χ0) is 27.8. The van der Waals surface area contributed by atoms with Gasteiger partial charge in [-0.2, -0.15) is 4.98 Å². The van der Waals surface area contributed by atoms with E-state index >= 15 is 0 Å². The van der Waals surface area contributed by atoms with E-state index < -0.39 is 16.9 Å². The van der Waals surface area contributed by atoms with E-state index in [9.17, 15) is 14.9 Å². The molecule has 2 N–H and O–H groups in total. The average Bonchev–Trinajstić information content (AvgIpc) is 3.39. The van der Waals surface area contributed by atoms with Crippen LogP contribution in [0.15, 0.2) is 102 Å². The van der Waals surface area contributed by atoms with Crippen molar-refractivity contribution >= 4 is 34.0 Å². The number of methoxy groups -OCH3 is 1. The van der Waals surface area contributed by atoms with Crippen LogP contribution in [0.4, 0.5) is 17.3 Å². The molecule has 0 bridgehead atoms. The van der Waals surface area contributed by atoms with E-state index in [0.717, 1.165) is 16.3 Å². The van der Waals surface area contributed by atoms with Crippen LogP contribution in [0.1, 0.15) is 18.5 Å². The summed E-state index contributed by atoms with van der Waals surface area (Å²) >= 11 is 0. The number of rotatable bonds is 6. The Balaban J connectivity index is 1.52. The second-order valence-corrected chi connectivity index (χ2v) is 9.27. The first kappa shape index (κ1) is 24.8. The van der Waals surface area contributed by atoms with E-state index in [1.54, 1.807) is 54.1 Å². The van der Waals surface area contributed by atoms with Crippen molar-refractivity contribution in [2.45, 2.75) is 13.0 Å². The normalized spacial score (nSPS) is 14.4. The number of nitro groups is 1. The summed E-state index contributed by atoms with van der Waals surface area (Å²) in [5, 5.41) is 25.0. The van der Waals surface area contributed by atoms with Crippen molar-refractivity contribution in [1.82, 2.24) is 14.8 Å². The first-order valence-electron chi connectivity index (χ1n) is 12.6. The number of ether oxygens (including phenoxy) is 1. The van der Waals surface area contributed by atoms with Crippen LogP contribution in [-0.2, 0) is 4.79 Å². The first-order valence-corrected chi connectivity index (χ1v) is 12.6. The highest BCUT2D eigenvalue weighted by molar-refractivity contribution is 6.07. The summed E-state index contributed by atoms with van der Waals surface area (Å²) in [6, 6.07) is 26.3. The van der Waals surface area contributed by atoms with Crippen LogP contribution < -0.4 is 15.4 Å². The van der Waals surface area contributed by atoms with E-state index in [1.807, 2.05) is 42.5 Å². The Bertz CT molecular complexity index is 1820. The fourth-order valence-electron chi connectivity index (χ4n) is 5.09. The number of aromatic nitrogens is 3. The van der Waals surface area contributed by atoms with E-state index in [0.29, 0.717) is 34.5 Å². The minimum Gasteiger partial charge on any atom is -0.495 e. The molecule has 0 radical (unpaired) electrons. The zero-order valence-corrected chi connectivity index (χ0v) is 21.7. The van der Waals surface area contributed by atoms with Crippen LogP contribution in [0, 0.1) is 10.1 Å². The topological polar surface area (TPSA) is 124 Å². The van der Waals surface area contributed by atoms with Crippen molar-refractivity contribution in [2.75, 3.05) is 17.7 Å². The van der Waals surface area contributed by atoms with Gasteiger partial charge in [-0.15, -0.1) is 5.10 Å². The molecule has 1 amide bonds. The van der Waals surface area contributed by atoms with Crippen molar-refractivity contribution in [3.05, 3.63) is 118 Å². The Kier molecular flexibility index (Phi) is 6.19. The maximum atomic E-state index is 13.9. The molecule has 0 saturated carbocycles. The molecular formula is C30H24N6O4. The summed E-state index contributed by atoms with van der Waals surface area (Å²) in [5.41, 5.74) is 2.23. The molecule has 198 valence electrons. The Hall–Kier alpha value is -5.51. The molecular weight excluding hydrogens is 508 g/mol. The Morgan fingerprint density at radius 2 is 1.73 bits per heavy atom. The van der Waals surface area contributed by atoms with Crippen LogP contribution in [0.3, 0.4) is 0 Å². The third kappa shape index (κ3) is 4.21. The zero-order valence-electron chi connectivity index (χ0n) is 21.7. The maximum Gasteiger partial charge on any atom is 0.275 e. The number of para-hydroxylation sites is 3. The number of nitrogens with zero attached hydrogens (tertiary/aromatic N) is 4. The summed E-state index contributed by atoms with van der Waals surface area (Å²) in [5.74, 6) is 0.838. The minimum atomic E-state index is -0.927. The number of carbonyl (C=O) groups is 1. The summed E-state index contributed by atoms with van der Waals surface area (Å²) < 4.78 is 6.95. The van der Waals surface area contributed by atoms with Gasteiger partial charge in [0.2, 0.25) is 5.95 Å². The number of hydrogen-bond acceptors (Lipinski definition) is 7. The average molecular weight is 533 g/mol. The van der Waals surface area contributed by atoms with Crippen molar-refractivity contribution < 1.29 is 14.5 Å². The number of amides is 1. The Morgan fingerprint density at radius 1 is 1.00 bits per heavy atom. The fraction of sp³-hybridized carbons (Fsp3) is 0.100. The smallest absolute Gasteiger partial charge is 0.275 e. The second kappa shape index (κ2) is 9.99. The lowest BCUT2D eigenvalue weighted by Gasteiger charge is -2.28. The van der Waals surface area contributed by atoms with E-state index in [4.69, 9.17) is 14.8 Å². The van der Waals surface area contributed by atoms with Gasteiger partial charge in [-0.25, -0.2) is 4.68 Å². The lowest BCUT2D eigenvalue weighted by Crippen LogP contribution is -2.32. The van der Waals surface area contributed by atoms with Gasteiger partial charge in [0.15, 0.2) is 5.82 Å². The molecule has 5 aromatic rings. The number of carbonyl (C=O) groups excluding carboxylic acids is 1. The van der Waals surface area contributed by atoms with Crippen molar-refractivity contribution in [1.29, 1.82) is 0 Å². The molecule has 10 nitrogen and oxygen atoms in total. The molecule has 0 saturated heterocycles. The maximum absolute atomic E-state index is 13.9. The standard InChI is InChI=1S/C30H24N6O4/c1-18-26(29(37)32-23-15-6-8-17-25(23)40-2)27(22-13-5-7-16-24(22)36(38)39)35-30(31-18)33-28(34-35)21-14-9-11-19-10-3-4-12-20(19)21/h3-17,27H,1-2H3,(H,32,37)(H,31,33,34). The van der Waals surface area contributed by atoms with Gasteiger partial charge in [-0.05, 0) is 35.9 Å². The quantitative estimate of drug-likeness (QED) is 0.205. The fourth-order valence-corrected chi connectivity index (χ4v) is 5.09. The van der Waals surface area contributed by atoms with Gasteiger partial charge in [0, 0.05) is 17.3 Å². The van der Waals surface area contributed by atoms with Crippen molar-refractivity contribution in [2.24, 2.45) is 0 Å². The molecule has 10 heteroatoms. The lowest BCUT2D eigenvalue weighted by atomic mass is 9.93. The van der Waals surface area contributed by atoms with Gasteiger partial charge in [0.25, 0.3) is 11.6 Å². The minimum absolute atomic E-state index is 0.127. The molecule has 40 heavy (non-hydrogen) atoms. The van der Waals surface area contributed by atoms with Gasteiger partial charge in [0.1, 0.15) is 11.8 Å². The molecule has 1 aromatic heterocycles. The van der Waals surface area contributed by atoms with Crippen molar-refractivity contribution in [3.63, 3.8) is 0 Å². The number of benzene rings is 4. The third-order valence-corrected chi connectivity index (χ3v) is 6.91. The third-order valence-electron chi connectivity index (χ3n) is 6.91. The van der Waals surface area contributed by atoms with Crippen LogP contribution >= 0.6 is 0 Å². The van der Waals surface area contributed by atoms with Crippen LogP contribution in [-0.4, -0.2) is 32.7 Å². The highest BCUT2D eigenvalue weighted by Gasteiger charge is 2.38. The van der Waals surface area contributed by atoms with Gasteiger partial charge >= 0.3 is 0 Å². The van der Waals surface area contributed by atoms with Gasteiger partial charge in [0.05, 0.1) is 28.9 Å². The number of anilines is 2. The Labute approximate surface area is 229 Å². The molecule has 1 aliphatic heterocycles. The predicted molar refractivity (Wildman–Crippen MR) is 152 cm³/mol. The predicted octanol–water partition coefficient (Wildman–Crippen LogP) is 5.94. The van der Waals surface area contributed by atoms with Gasteiger partial charge in [-0.1, -0.05) is 66.7 Å². The molecule has 6 rings (SSSR count). The molecule has 1 aliphatic rings.